The molecule has 0 radical (unpaired) electrons. The van der Waals surface area contributed by atoms with Crippen LogP contribution < -0.4 is 5.73 Å². The van der Waals surface area contributed by atoms with E-state index in [-0.39, 0.29) is 19.0 Å². The highest BCUT2D eigenvalue weighted by Crippen LogP contribution is 2.27. The zero-order chi connectivity index (χ0) is 10.8. The Bertz CT molecular complexity index is 237. The fraction of sp³-hybridized carbons (Fsp3) is 0.889. The summed E-state index contributed by atoms with van der Waals surface area (Å²) in [6.07, 6.45) is 0.410. The van der Waals surface area contributed by atoms with E-state index in [0.29, 0.717) is 13.0 Å². The molecule has 2 unspecified atom stereocenters. The Hall–Kier alpha value is -0.730. The van der Waals surface area contributed by atoms with E-state index in [1.807, 2.05) is 6.07 Å². The molecule has 1 fully saturated rings. The van der Waals surface area contributed by atoms with Crippen LogP contribution in [0.25, 0.3) is 0 Å². The van der Waals surface area contributed by atoms with Gasteiger partial charge in [-0.3, -0.25) is 4.90 Å². The summed E-state index contributed by atoms with van der Waals surface area (Å²) in [5.74, 6) is -2.62. The summed E-state index contributed by atoms with van der Waals surface area (Å²) in [5, 5.41) is 8.58. The number of hydrogen-bond donors (Lipinski definition) is 1. The fourth-order valence-electron chi connectivity index (χ4n) is 1.68. The Labute approximate surface area is 82.5 Å². The maximum absolute atomic E-state index is 13.0. The van der Waals surface area contributed by atoms with E-state index >= 15 is 0 Å². The van der Waals surface area contributed by atoms with Crippen LogP contribution in [0.4, 0.5) is 8.78 Å². The zero-order valence-electron chi connectivity index (χ0n) is 8.21. The molecule has 0 amide bonds. The van der Waals surface area contributed by atoms with Gasteiger partial charge in [-0.25, -0.2) is 8.78 Å². The largest absolute Gasteiger partial charge is 0.315 e. The van der Waals surface area contributed by atoms with Crippen LogP contribution in [0.1, 0.15) is 19.8 Å². The molecular formula is C9H15F2N3. The Morgan fingerprint density at radius 1 is 1.57 bits per heavy atom. The molecular weight excluding hydrogens is 188 g/mol. The number of rotatable bonds is 2. The molecule has 2 atom stereocenters. The molecule has 2 N–H and O–H groups in total. The molecule has 1 aliphatic rings. The van der Waals surface area contributed by atoms with E-state index < -0.39 is 12.0 Å². The van der Waals surface area contributed by atoms with Crippen molar-refractivity contribution in [2.45, 2.75) is 37.8 Å². The molecule has 0 aromatic heterocycles. The average molecular weight is 203 g/mol. The van der Waals surface area contributed by atoms with Crippen molar-refractivity contribution in [3.8, 4) is 6.07 Å². The van der Waals surface area contributed by atoms with Crippen LogP contribution in [0.5, 0.6) is 0 Å². The minimum atomic E-state index is -2.62. The number of nitrogens with two attached hydrogens (primary N) is 1. The molecule has 0 aromatic carbocycles. The summed E-state index contributed by atoms with van der Waals surface area (Å²) in [6.45, 7) is 2.05. The van der Waals surface area contributed by atoms with Crippen LogP contribution in [0.15, 0.2) is 0 Å². The Morgan fingerprint density at radius 2 is 2.21 bits per heavy atom. The number of nitriles is 1. The molecule has 0 aromatic rings. The molecule has 5 heteroatoms. The minimum absolute atomic E-state index is 0.0575. The van der Waals surface area contributed by atoms with Gasteiger partial charge in [0.25, 0.3) is 5.92 Å². The lowest BCUT2D eigenvalue weighted by atomic mass is 10.0. The Kier molecular flexibility index (Phi) is 3.40. The lowest BCUT2D eigenvalue weighted by Crippen LogP contribution is -2.52. The summed E-state index contributed by atoms with van der Waals surface area (Å²) >= 11 is 0. The van der Waals surface area contributed by atoms with Gasteiger partial charge in [0.1, 0.15) is 6.04 Å². The number of halogens is 2. The molecule has 1 aliphatic heterocycles. The molecule has 1 rings (SSSR count). The second-order valence-corrected chi connectivity index (χ2v) is 3.83. The van der Waals surface area contributed by atoms with Gasteiger partial charge in [0.2, 0.25) is 0 Å². The molecule has 1 saturated heterocycles. The minimum Gasteiger partial charge on any atom is -0.315 e. The summed E-state index contributed by atoms with van der Waals surface area (Å²) in [4.78, 5) is 1.59. The quantitative estimate of drug-likeness (QED) is 0.727. The monoisotopic (exact) mass is 203 g/mol. The summed E-state index contributed by atoms with van der Waals surface area (Å²) < 4.78 is 26.0. The molecule has 14 heavy (non-hydrogen) atoms. The predicted molar refractivity (Wildman–Crippen MR) is 48.8 cm³/mol. The molecule has 0 aliphatic carbocycles. The first-order valence-corrected chi connectivity index (χ1v) is 4.73. The van der Waals surface area contributed by atoms with Crippen LogP contribution in [0.3, 0.4) is 0 Å². The van der Waals surface area contributed by atoms with Gasteiger partial charge in [-0.15, -0.1) is 0 Å². The van der Waals surface area contributed by atoms with E-state index in [1.165, 1.54) is 0 Å². The molecule has 3 nitrogen and oxygen atoms in total. The van der Waals surface area contributed by atoms with Crippen molar-refractivity contribution in [1.29, 1.82) is 5.26 Å². The van der Waals surface area contributed by atoms with Crippen molar-refractivity contribution < 1.29 is 8.78 Å². The SMILES string of the molecule is CC(C(N)C#N)N1CCCC(F)(F)C1. The molecule has 0 bridgehead atoms. The molecule has 1 heterocycles. The number of nitrogens with zero attached hydrogens (tertiary/aromatic N) is 2. The topological polar surface area (TPSA) is 53.1 Å². The number of alkyl halides is 2. The first kappa shape index (κ1) is 11.3. The van der Waals surface area contributed by atoms with Crippen LogP contribution >= 0.6 is 0 Å². The van der Waals surface area contributed by atoms with E-state index in [9.17, 15) is 8.78 Å². The van der Waals surface area contributed by atoms with Crippen molar-refractivity contribution in [3.63, 3.8) is 0 Å². The van der Waals surface area contributed by atoms with E-state index in [0.717, 1.165) is 0 Å². The second kappa shape index (κ2) is 4.20. The van der Waals surface area contributed by atoms with Gasteiger partial charge in [0.15, 0.2) is 0 Å². The van der Waals surface area contributed by atoms with Crippen LogP contribution in [0.2, 0.25) is 0 Å². The van der Waals surface area contributed by atoms with Gasteiger partial charge in [0.05, 0.1) is 12.6 Å². The highest BCUT2D eigenvalue weighted by Gasteiger charge is 2.37. The lowest BCUT2D eigenvalue weighted by Gasteiger charge is -2.37. The summed E-state index contributed by atoms with van der Waals surface area (Å²) in [5.41, 5.74) is 5.49. The van der Waals surface area contributed by atoms with E-state index in [2.05, 4.69) is 0 Å². The fourth-order valence-corrected chi connectivity index (χ4v) is 1.68. The number of piperidine rings is 1. The van der Waals surface area contributed by atoms with Gasteiger partial charge < -0.3 is 5.73 Å². The smallest absolute Gasteiger partial charge is 0.260 e. The highest BCUT2D eigenvalue weighted by molar-refractivity contribution is 4.97. The molecule has 0 spiro atoms. The van der Waals surface area contributed by atoms with Crippen molar-refractivity contribution in [3.05, 3.63) is 0 Å². The maximum Gasteiger partial charge on any atom is 0.260 e. The normalized spacial score (nSPS) is 26.5. The summed E-state index contributed by atoms with van der Waals surface area (Å²) in [7, 11) is 0. The van der Waals surface area contributed by atoms with Gasteiger partial charge >= 0.3 is 0 Å². The third-order valence-corrected chi connectivity index (χ3v) is 2.67. The van der Waals surface area contributed by atoms with Crippen LogP contribution in [0, 0.1) is 11.3 Å². The Morgan fingerprint density at radius 3 is 2.71 bits per heavy atom. The van der Waals surface area contributed by atoms with Crippen molar-refractivity contribution >= 4 is 0 Å². The van der Waals surface area contributed by atoms with Gasteiger partial charge in [0, 0.05) is 12.5 Å². The third kappa shape index (κ3) is 2.63. The third-order valence-electron chi connectivity index (χ3n) is 2.67. The van der Waals surface area contributed by atoms with Crippen LogP contribution in [-0.4, -0.2) is 36.0 Å². The van der Waals surface area contributed by atoms with Crippen molar-refractivity contribution in [1.82, 2.24) is 4.90 Å². The second-order valence-electron chi connectivity index (χ2n) is 3.83. The average Bonchev–Trinajstić information content (AvgIpc) is 2.14. The first-order chi connectivity index (χ1) is 6.46. The number of hydrogen-bond acceptors (Lipinski definition) is 3. The van der Waals surface area contributed by atoms with Crippen molar-refractivity contribution in [2.24, 2.45) is 5.73 Å². The first-order valence-electron chi connectivity index (χ1n) is 4.73. The summed E-state index contributed by atoms with van der Waals surface area (Å²) in [6, 6.07) is 0.890. The van der Waals surface area contributed by atoms with Gasteiger partial charge in [-0.1, -0.05) is 0 Å². The maximum atomic E-state index is 13.0. The Balaban J connectivity index is 2.57. The van der Waals surface area contributed by atoms with Crippen molar-refractivity contribution in [2.75, 3.05) is 13.1 Å². The van der Waals surface area contributed by atoms with Gasteiger partial charge in [-0.05, 0) is 19.9 Å². The zero-order valence-corrected chi connectivity index (χ0v) is 8.21. The van der Waals surface area contributed by atoms with E-state index in [4.69, 9.17) is 11.0 Å². The standard InChI is InChI=1S/C9H15F2N3/c1-7(8(13)5-12)14-4-2-3-9(10,11)6-14/h7-8H,2-4,6,13H2,1H3. The highest BCUT2D eigenvalue weighted by atomic mass is 19.3. The lowest BCUT2D eigenvalue weighted by molar-refractivity contribution is -0.0739. The number of likely N-dealkylation sites (tertiary alicyclic amines) is 1. The van der Waals surface area contributed by atoms with Gasteiger partial charge in [-0.2, -0.15) is 5.26 Å². The molecule has 0 saturated carbocycles. The molecule has 80 valence electrons. The van der Waals surface area contributed by atoms with Crippen LogP contribution in [-0.2, 0) is 0 Å². The van der Waals surface area contributed by atoms with E-state index in [1.54, 1.807) is 11.8 Å². The predicted octanol–water partition coefficient (Wildman–Crippen LogP) is 0.957.